The molecule has 1 fully saturated rings. The Balaban J connectivity index is 1.82. The number of carbonyl (C=O) groups is 1. The van der Waals surface area contributed by atoms with Crippen molar-refractivity contribution < 1.29 is 13.9 Å². The van der Waals surface area contributed by atoms with Gasteiger partial charge in [0.1, 0.15) is 6.10 Å². The molecule has 21 heavy (non-hydrogen) atoms. The van der Waals surface area contributed by atoms with Gasteiger partial charge in [0, 0.05) is 12.0 Å². The van der Waals surface area contributed by atoms with Crippen molar-refractivity contribution in [1.82, 2.24) is 5.32 Å². The van der Waals surface area contributed by atoms with Crippen LogP contribution in [0.5, 0.6) is 5.75 Å². The number of hydrogen-bond acceptors (Lipinski definition) is 3. The Kier molecular flexibility index (Phi) is 5.56. The second-order valence-corrected chi connectivity index (χ2v) is 5.59. The molecule has 4 nitrogen and oxygen atoms in total. The maximum atomic E-state index is 13.5. The van der Waals surface area contributed by atoms with Crippen LogP contribution in [-0.4, -0.2) is 24.6 Å². The fourth-order valence-corrected chi connectivity index (χ4v) is 2.60. The summed E-state index contributed by atoms with van der Waals surface area (Å²) in [7, 11) is 0. The van der Waals surface area contributed by atoms with Crippen LogP contribution in [0.4, 0.5) is 4.39 Å². The first-order valence-electron chi connectivity index (χ1n) is 7.54. The van der Waals surface area contributed by atoms with Gasteiger partial charge in [-0.1, -0.05) is 19.1 Å². The third-order valence-electron chi connectivity index (χ3n) is 3.93. The molecule has 0 spiro atoms. The lowest BCUT2D eigenvalue weighted by Crippen LogP contribution is -2.38. The number of ether oxygens (including phenoxy) is 1. The normalized spacial score (nSPS) is 22.8. The van der Waals surface area contributed by atoms with Gasteiger partial charge in [-0.15, -0.1) is 0 Å². The fraction of sp³-hybridized carbons (Fsp3) is 0.562. The van der Waals surface area contributed by atoms with E-state index in [1.54, 1.807) is 18.2 Å². The van der Waals surface area contributed by atoms with Crippen molar-refractivity contribution in [3.05, 3.63) is 30.1 Å². The van der Waals surface area contributed by atoms with Crippen molar-refractivity contribution in [1.29, 1.82) is 0 Å². The van der Waals surface area contributed by atoms with E-state index in [4.69, 9.17) is 10.5 Å². The molecule has 1 amide bonds. The van der Waals surface area contributed by atoms with E-state index in [1.165, 1.54) is 6.07 Å². The molecule has 1 aliphatic carbocycles. The summed E-state index contributed by atoms with van der Waals surface area (Å²) in [6.07, 6.45) is 2.95. The molecular weight excluding hydrogens is 271 g/mol. The van der Waals surface area contributed by atoms with Gasteiger partial charge in [0.05, 0.1) is 6.54 Å². The van der Waals surface area contributed by atoms with Gasteiger partial charge in [-0.25, -0.2) is 4.39 Å². The SMILES string of the molecule is CCC(CNC(=O)C1CCC(N)C1)Oc1ccccc1F. The van der Waals surface area contributed by atoms with Crippen LogP contribution in [0.1, 0.15) is 32.6 Å². The molecule has 116 valence electrons. The van der Waals surface area contributed by atoms with Crippen molar-refractivity contribution in [3.63, 3.8) is 0 Å². The Morgan fingerprint density at radius 2 is 2.24 bits per heavy atom. The Morgan fingerprint density at radius 1 is 1.48 bits per heavy atom. The van der Waals surface area contributed by atoms with Crippen LogP contribution in [0.3, 0.4) is 0 Å². The Labute approximate surface area is 124 Å². The van der Waals surface area contributed by atoms with Gasteiger partial charge in [-0.2, -0.15) is 0 Å². The van der Waals surface area contributed by atoms with Crippen LogP contribution >= 0.6 is 0 Å². The van der Waals surface area contributed by atoms with E-state index in [9.17, 15) is 9.18 Å². The topological polar surface area (TPSA) is 64.4 Å². The average Bonchev–Trinajstić information content (AvgIpc) is 2.91. The lowest BCUT2D eigenvalue weighted by molar-refractivity contribution is -0.125. The number of para-hydroxylation sites is 1. The second kappa shape index (κ2) is 7.41. The second-order valence-electron chi connectivity index (χ2n) is 5.59. The van der Waals surface area contributed by atoms with Gasteiger partial charge in [0.2, 0.25) is 5.91 Å². The molecular formula is C16H23FN2O2. The van der Waals surface area contributed by atoms with Gasteiger partial charge < -0.3 is 15.8 Å². The van der Waals surface area contributed by atoms with E-state index in [1.807, 2.05) is 6.92 Å². The maximum Gasteiger partial charge on any atom is 0.223 e. The van der Waals surface area contributed by atoms with Crippen molar-refractivity contribution in [2.24, 2.45) is 11.7 Å². The highest BCUT2D eigenvalue weighted by Gasteiger charge is 2.28. The zero-order valence-electron chi connectivity index (χ0n) is 12.3. The van der Waals surface area contributed by atoms with Crippen molar-refractivity contribution in [3.8, 4) is 5.75 Å². The first-order valence-corrected chi connectivity index (χ1v) is 7.54. The van der Waals surface area contributed by atoms with Crippen LogP contribution in [0.25, 0.3) is 0 Å². The Bertz CT molecular complexity index is 481. The summed E-state index contributed by atoms with van der Waals surface area (Å²) in [4.78, 5) is 12.0. The number of rotatable bonds is 6. The predicted octanol–water partition coefficient (Wildman–Crippen LogP) is 2.23. The summed E-state index contributed by atoms with van der Waals surface area (Å²) in [5.74, 6) is -0.130. The van der Waals surface area contributed by atoms with Crippen molar-refractivity contribution in [2.75, 3.05) is 6.54 Å². The zero-order valence-corrected chi connectivity index (χ0v) is 12.3. The molecule has 0 bridgehead atoms. The molecule has 3 N–H and O–H groups in total. The molecule has 0 aliphatic heterocycles. The van der Waals surface area contributed by atoms with Gasteiger partial charge in [-0.05, 0) is 37.8 Å². The van der Waals surface area contributed by atoms with E-state index in [0.717, 1.165) is 19.3 Å². The number of amides is 1. The van der Waals surface area contributed by atoms with E-state index in [-0.39, 0.29) is 35.5 Å². The highest BCUT2D eigenvalue weighted by molar-refractivity contribution is 5.79. The van der Waals surface area contributed by atoms with E-state index >= 15 is 0 Å². The molecule has 0 radical (unpaired) electrons. The number of nitrogens with two attached hydrogens (primary N) is 1. The summed E-state index contributed by atoms with van der Waals surface area (Å²) >= 11 is 0. The van der Waals surface area contributed by atoms with Gasteiger partial charge in [0.15, 0.2) is 11.6 Å². The molecule has 1 aliphatic rings. The zero-order chi connectivity index (χ0) is 15.2. The summed E-state index contributed by atoms with van der Waals surface area (Å²) in [6.45, 7) is 2.33. The molecule has 1 aromatic carbocycles. The number of hydrogen-bond donors (Lipinski definition) is 2. The monoisotopic (exact) mass is 294 g/mol. The van der Waals surface area contributed by atoms with Crippen molar-refractivity contribution in [2.45, 2.75) is 44.8 Å². The first-order chi connectivity index (χ1) is 10.1. The number of carbonyl (C=O) groups excluding carboxylic acids is 1. The Hall–Kier alpha value is -1.62. The smallest absolute Gasteiger partial charge is 0.223 e. The molecule has 3 atom stereocenters. The highest BCUT2D eigenvalue weighted by atomic mass is 19.1. The standard InChI is InChI=1S/C16H23FN2O2/c1-2-13(21-15-6-4-3-5-14(15)17)10-19-16(20)11-7-8-12(18)9-11/h3-6,11-13H,2,7-10,18H2,1H3,(H,19,20). The summed E-state index contributed by atoms with van der Waals surface area (Å²) < 4.78 is 19.2. The van der Waals surface area contributed by atoms with Crippen molar-refractivity contribution >= 4 is 5.91 Å². The van der Waals surface area contributed by atoms with E-state index in [2.05, 4.69) is 5.32 Å². The molecule has 5 heteroatoms. The largest absolute Gasteiger partial charge is 0.486 e. The summed E-state index contributed by atoms with van der Waals surface area (Å²) in [6, 6.07) is 6.44. The molecule has 1 aromatic rings. The molecule has 2 rings (SSSR count). The highest BCUT2D eigenvalue weighted by Crippen LogP contribution is 2.24. The first kappa shape index (κ1) is 15.8. The van der Waals surface area contributed by atoms with Crippen LogP contribution in [0.2, 0.25) is 0 Å². The molecule has 1 saturated carbocycles. The number of benzene rings is 1. The van der Waals surface area contributed by atoms with E-state index < -0.39 is 0 Å². The minimum Gasteiger partial charge on any atom is -0.486 e. The number of nitrogens with one attached hydrogen (secondary N) is 1. The third kappa shape index (κ3) is 4.43. The third-order valence-corrected chi connectivity index (χ3v) is 3.93. The predicted molar refractivity (Wildman–Crippen MR) is 79.4 cm³/mol. The van der Waals surface area contributed by atoms with Crippen LogP contribution in [0, 0.1) is 11.7 Å². The fourth-order valence-electron chi connectivity index (χ4n) is 2.60. The summed E-state index contributed by atoms with van der Waals surface area (Å²) in [5, 5.41) is 2.89. The van der Waals surface area contributed by atoms with Crippen LogP contribution < -0.4 is 15.8 Å². The average molecular weight is 294 g/mol. The molecule has 0 saturated heterocycles. The quantitative estimate of drug-likeness (QED) is 0.845. The van der Waals surface area contributed by atoms with Crippen LogP contribution in [-0.2, 0) is 4.79 Å². The maximum absolute atomic E-state index is 13.5. The minimum atomic E-state index is -0.385. The lowest BCUT2D eigenvalue weighted by atomic mass is 10.1. The van der Waals surface area contributed by atoms with E-state index in [0.29, 0.717) is 13.0 Å². The molecule has 3 unspecified atom stereocenters. The molecule has 0 aromatic heterocycles. The van der Waals surface area contributed by atoms with Gasteiger partial charge >= 0.3 is 0 Å². The van der Waals surface area contributed by atoms with Gasteiger partial charge in [-0.3, -0.25) is 4.79 Å². The lowest BCUT2D eigenvalue weighted by Gasteiger charge is -2.19. The summed E-state index contributed by atoms with van der Waals surface area (Å²) in [5.41, 5.74) is 5.82. The Morgan fingerprint density at radius 3 is 2.86 bits per heavy atom. The van der Waals surface area contributed by atoms with Gasteiger partial charge in [0.25, 0.3) is 0 Å². The molecule has 0 heterocycles. The number of halogens is 1. The van der Waals surface area contributed by atoms with Crippen LogP contribution in [0.15, 0.2) is 24.3 Å². The minimum absolute atomic E-state index is 0.00553.